The molecule has 3 nitrogen and oxygen atoms in total. The monoisotopic (exact) mass is 355 g/mol. The zero-order valence-corrected chi connectivity index (χ0v) is 12.4. The minimum atomic E-state index is -0.303. The molecule has 0 amide bonds. The highest BCUT2D eigenvalue weighted by Crippen LogP contribution is 2.30. The highest BCUT2D eigenvalue weighted by Gasteiger charge is 2.20. The predicted molar refractivity (Wildman–Crippen MR) is 79.6 cm³/mol. The van der Waals surface area contributed by atoms with Gasteiger partial charge in [-0.1, -0.05) is 30.3 Å². The summed E-state index contributed by atoms with van der Waals surface area (Å²) in [6.45, 7) is 4.19. The lowest BCUT2D eigenvalue weighted by atomic mass is 10.0. The van der Waals surface area contributed by atoms with Crippen molar-refractivity contribution in [1.82, 2.24) is 4.98 Å². The Kier molecular flexibility index (Phi) is 4.06. The summed E-state index contributed by atoms with van der Waals surface area (Å²) in [6, 6.07) is 9.87. The van der Waals surface area contributed by atoms with Crippen LogP contribution < -0.4 is 0 Å². The predicted octanol–water partition coefficient (Wildman–Crippen LogP) is 3.77. The van der Waals surface area contributed by atoms with E-state index in [4.69, 9.17) is 4.74 Å². The maximum atomic E-state index is 11.9. The number of hydrogen-bond acceptors (Lipinski definition) is 2. The number of aromatic amines is 1. The van der Waals surface area contributed by atoms with E-state index in [0.717, 1.165) is 20.4 Å². The van der Waals surface area contributed by atoms with E-state index in [-0.39, 0.29) is 5.97 Å². The van der Waals surface area contributed by atoms with Crippen LogP contribution in [0.3, 0.4) is 0 Å². The van der Waals surface area contributed by atoms with Gasteiger partial charge in [-0.25, -0.2) is 4.79 Å². The van der Waals surface area contributed by atoms with E-state index >= 15 is 0 Å². The van der Waals surface area contributed by atoms with E-state index in [1.54, 1.807) is 6.92 Å². The summed E-state index contributed by atoms with van der Waals surface area (Å²) in [7, 11) is 0. The molecule has 0 spiro atoms. The smallest absolute Gasteiger partial charge is 0.355 e. The van der Waals surface area contributed by atoms with Crippen LogP contribution in [-0.2, 0) is 4.74 Å². The number of esters is 1. The standard InChI is InChI=1S/C14H14INO2/c1-3-18-14(17)12-11(9(2)13(15)16-12)10-7-5-4-6-8-10/h4-8,16H,3H2,1-2H3. The summed E-state index contributed by atoms with van der Waals surface area (Å²) in [4.78, 5) is 15.1. The molecule has 94 valence electrons. The van der Waals surface area contributed by atoms with Crippen molar-refractivity contribution in [1.29, 1.82) is 0 Å². The van der Waals surface area contributed by atoms with E-state index in [9.17, 15) is 4.79 Å². The van der Waals surface area contributed by atoms with Crippen molar-refractivity contribution in [3.05, 3.63) is 45.3 Å². The van der Waals surface area contributed by atoms with Gasteiger partial charge in [0.25, 0.3) is 0 Å². The van der Waals surface area contributed by atoms with Crippen molar-refractivity contribution in [2.75, 3.05) is 6.61 Å². The average molecular weight is 355 g/mol. The third-order valence-corrected chi connectivity index (χ3v) is 3.81. The summed E-state index contributed by atoms with van der Waals surface area (Å²) in [5.41, 5.74) is 3.56. The number of hydrogen-bond donors (Lipinski definition) is 1. The number of rotatable bonds is 3. The summed E-state index contributed by atoms with van der Waals surface area (Å²) >= 11 is 2.20. The molecule has 1 aromatic heterocycles. The zero-order chi connectivity index (χ0) is 13.1. The van der Waals surface area contributed by atoms with E-state index in [2.05, 4.69) is 27.6 Å². The van der Waals surface area contributed by atoms with Gasteiger partial charge in [0.2, 0.25) is 0 Å². The SMILES string of the molecule is CCOC(=O)c1[nH]c(I)c(C)c1-c1ccccc1. The highest BCUT2D eigenvalue weighted by atomic mass is 127. The molecule has 2 rings (SSSR count). The summed E-state index contributed by atoms with van der Waals surface area (Å²) in [5.74, 6) is -0.303. The number of carbonyl (C=O) groups is 1. The molecule has 0 unspecified atom stereocenters. The first kappa shape index (κ1) is 13.1. The molecule has 0 saturated carbocycles. The fourth-order valence-corrected chi connectivity index (χ4v) is 2.42. The molecule has 4 heteroatoms. The van der Waals surface area contributed by atoms with Gasteiger partial charge in [0.05, 0.1) is 10.3 Å². The summed E-state index contributed by atoms with van der Waals surface area (Å²) in [5, 5.41) is 0. The van der Waals surface area contributed by atoms with Crippen molar-refractivity contribution < 1.29 is 9.53 Å². The number of halogens is 1. The Labute approximate surface area is 120 Å². The van der Waals surface area contributed by atoms with Crippen LogP contribution in [0.15, 0.2) is 30.3 Å². The normalized spacial score (nSPS) is 10.4. The molecule has 2 aromatic rings. The van der Waals surface area contributed by atoms with E-state index in [1.165, 1.54) is 0 Å². The Bertz CT molecular complexity index is 561. The molecule has 0 fully saturated rings. The quantitative estimate of drug-likeness (QED) is 0.673. The Hall–Kier alpha value is -1.30. The number of carbonyl (C=O) groups excluding carboxylic acids is 1. The van der Waals surface area contributed by atoms with Crippen molar-refractivity contribution in [2.45, 2.75) is 13.8 Å². The summed E-state index contributed by atoms with van der Waals surface area (Å²) in [6.07, 6.45) is 0. The molecule has 0 aliphatic heterocycles. The minimum absolute atomic E-state index is 0.303. The molecule has 1 heterocycles. The van der Waals surface area contributed by atoms with Crippen LogP contribution in [0.25, 0.3) is 11.1 Å². The van der Waals surface area contributed by atoms with Gasteiger partial charge >= 0.3 is 5.97 Å². The van der Waals surface area contributed by atoms with E-state index < -0.39 is 0 Å². The molecule has 0 atom stereocenters. The Balaban J connectivity index is 2.55. The minimum Gasteiger partial charge on any atom is -0.461 e. The second kappa shape index (κ2) is 5.56. The first-order valence-corrected chi connectivity index (χ1v) is 6.83. The fraction of sp³-hybridized carbons (Fsp3) is 0.214. The van der Waals surface area contributed by atoms with Gasteiger partial charge in [-0.15, -0.1) is 0 Å². The van der Waals surface area contributed by atoms with Crippen molar-refractivity contribution in [3.63, 3.8) is 0 Å². The van der Waals surface area contributed by atoms with E-state index in [1.807, 2.05) is 37.3 Å². The lowest BCUT2D eigenvalue weighted by Gasteiger charge is -2.05. The molecule has 1 N–H and O–H groups in total. The Morgan fingerprint density at radius 2 is 2.00 bits per heavy atom. The number of ether oxygens (including phenoxy) is 1. The number of H-pyrrole nitrogens is 1. The van der Waals surface area contributed by atoms with Gasteiger partial charge in [-0.3, -0.25) is 0 Å². The topological polar surface area (TPSA) is 42.1 Å². The van der Waals surface area contributed by atoms with Crippen LogP contribution in [0.5, 0.6) is 0 Å². The molecule has 0 aliphatic rings. The maximum absolute atomic E-state index is 11.9. The molecule has 0 aliphatic carbocycles. The maximum Gasteiger partial charge on any atom is 0.355 e. The molecular weight excluding hydrogens is 341 g/mol. The number of aromatic nitrogens is 1. The number of nitrogens with one attached hydrogen (secondary N) is 1. The number of benzene rings is 1. The van der Waals surface area contributed by atoms with Crippen molar-refractivity contribution in [2.24, 2.45) is 0 Å². The molecular formula is C14H14INO2. The second-order valence-corrected chi connectivity index (χ2v) is 4.98. The van der Waals surface area contributed by atoms with Crippen molar-refractivity contribution >= 4 is 28.6 Å². The first-order valence-electron chi connectivity index (χ1n) is 5.75. The highest BCUT2D eigenvalue weighted by molar-refractivity contribution is 14.1. The third kappa shape index (κ3) is 2.43. The van der Waals surface area contributed by atoms with Crippen LogP contribution in [0.1, 0.15) is 23.0 Å². The molecule has 1 aromatic carbocycles. The van der Waals surface area contributed by atoms with Crippen LogP contribution >= 0.6 is 22.6 Å². The van der Waals surface area contributed by atoms with Gasteiger partial charge in [0.15, 0.2) is 0 Å². The average Bonchev–Trinajstić information content (AvgIpc) is 2.67. The first-order chi connectivity index (χ1) is 8.65. The fourth-order valence-electron chi connectivity index (χ4n) is 1.89. The van der Waals surface area contributed by atoms with Gasteiger partial charge in [0.1, 0.15) is 5.69 Å². The van der Waals surface area contributed by atoms with Crippen LogP contribution in [-0.4, -0.2) is 17.6 Å². The van der Waals surface area contributed by atoms with Crippen LogP contribution in [0.2, 0.25) is 0 Å². The van der Waals surface area contributed by atoms with Gasteiger partial charge in [-0.2, -0.15) is 0 Å². The second-order valence-electron chi connectivity index (χ2n) is 3.90. The third-order valence-electron chi connectivity index (χ3n) is 2.73. The molecule has 0 saturated heterocycles. The lowest BCUT2D eigenvalue weighted by Crippen LogP contribution is -2.06. The van der Waals surface area contributed by atoms with Gasteiger partial charge in [0, 0.05) is 5.56 Å². The molecule has 18 heavy (non-hydrogen) atoms. The van der Waals surface area contributed by atoms with Crippen LogP contribution in [0.4, 0.5) is 0 Å². The van der Waals surface area contributed by atoms with Gasteiger partial charge in [-0.05, 0) is 47.6 Å². The largest absolute Gasteiger partial charge is 0.461 e. The molecule has 0 bridgehead atoms. The van der Waals surface area contributed by atoms with E-state index in [0.29, 0.717) is 12.3 Å². The summed E-state index contributed by atoms with van der Waals surface area (Å²) < 4.78 is 6.05. The van der Waals surface area contributed by atoms with Gasteiger partial charge < -0.3 is 9.72 Å². The lowest BCUT2D eigenvalue weighted by molar-refractivity contribution is 0.0521. The van der Waals surface area contributed by atoms with Crippen molar-refractivity contribution in [3.8, 4) is 11.1 Å². The van der Waals surface area contributed by atoms with Crippen LogP contribution in [0, 0.1) is 10.6 Å². The zero-order valence-electron chi connectivity index (χ0n) is 10.3. The molecule has 0 radical (unpaired) electrons. The Morgan fingerprint density at radius 1 is 1.33 bits per heavy atom. The Morgan fingerprint density at radius 3 is 2.61 bits per heavy atom.